The maximum absolute atomic E-state index is 12.9. The van der Waals surface area contributed by atoms with Crippen LogP contribution < -0.4 is 4.74 Å². The number of benzene rings is 1. The van der Waals surface area contributed by atoms with Gasteiger partial charge in [-0.1, -0.05) is 12.1 Å². The summed E-state index contributed by atoms with van der Waals surface area (Å²) in [5.74, 6) is 1.77. The molecule has 2 aliphatic heterocycles. The molecule has 7 heteroatoms. The van der Waals surface area contributed by atoms with Gasteiger partial charge in [-0.3, -0.25) is 4.90 Å². The van der Waals surface area contributed by atoms with Crippen LogP contribution in [-0.4, -0.2) is 71.1 Å². The van der Waals surface area contributed by atoms with Crippen molar-refractivity contribution >= 4 is 6.03 Å². The van der Waals surface area contributed by atoms with Crippen LogP contribution in [0.5, 0.6) is 5.75 Å². The van der Waals surface area contributed by atoms with Gasteiger partial charge in [-0.2, -0.15) is 0 Å². The van der Waals surface area contributed by atoms with E-state index in [0.29, 0.717) is 11.8 Å². The summed E-state index contributed by atoms with van der Waals surface area (Å²) in [5.41, 5.74) is 2.41. The number of hydrogen-bond donors (Lipinski definition) is 0. The van der Waals surface area contributed by atoms with E-state index in [2.05, 4.69) is 31.5 Å². The number of carbonyl (C=O) groups excluding carboxylic acids is 1. The molecular formula is C21H29N5O2. The maximum Gasteiger partial charge on any atom is 0.320 e. The Hall–Kier alpha value is -2.54. The molecule has 2 fully saturated rings. The number of hydrogen-bond acceptors (Lipinski definition) is 4. The lowest BCUT2D eigenvalue weighted by Gasteiger charge is -2.32. The summed E-state index contributed by atoms with van der Waals surface area (Å²) >= 11 is 0. The van der Waals surface area contributed by atoms with Gasteiger partial charge in [0, 0.05) is 59.4 Å². The van der Waals surface area contributed by atoms with Gasteiger partial charge in [0.25, 0.3) is 0 Å². The molecule has 2 aliphatic rings. The van der Waals surface area contributed by atoms with E-state index in [-0.39, 0.29) is 12.1 Å². The Labute approximate surface area is 166 Å². The summed E-state index contributed by atoms with van der Waals surface area (Å²) in [5, 5.41) is 0. The van der Waals surface area contributed by atoms with E-state index in [1.54, 1.807) is 12.0 Å². The number of imidazole rings is 1. The molecule has 2 saturated heterocycles. The second-order valence-electron chi connectivity index (χ2n) is 8.16. The highest BCUT2D eigenvalue weighted by Gasteiger charge is 2.49. The van der Waals surface area contributed by atoms with Crippen molar-refractivity contribution in [2.24, 2.45) is 18.9 Å². The summed E-state index contributed by atoms with van der Waals surface area (Å²) in [6, 6.07) is 8.37. The highest BCUT2D eigenvalue weighted by atomic mass is 16.5. The SMILES string of the molecule is COc1ccc([C@H]2[C@@H]3CN(Cc4cncn4C)C[C@@H]3CN2C(=O)N(C)C)cc1. The molecule has 150 valence electrons. The fourth-order valence-corrected chi connectivity index (χ4v) is 4.71. The second kappa shape index (κ2) is 7.47. The molecule has 28 heavy (non-hydrogen) atoms. The number of amides is 2. The highest BCUT2D eigenvalue weighted by molar-refractivity contribution is 5.75. The molecule has 2 amide bonds. The Morgan fingerprint density at radius 2 is 1.96 bits per heavy atom. The van der Waals surface area contributed by atoms with Crippen molar-refractivity contribution in [1.29, 1.82) is 0 Å². The monoisotopic (exact) mass is 383 g/mol. The molecule has 0 radical (unpaired) electrons. The Kier molecular flexibility index (Phi) is 5.02. The first-order valence-corrected chi connectivity index (χ1v) is 9.77. The lowest BCUT2D eigenvalue weighted by Crippen LogP contribution is -2.41. The van der Waals surface area contributed by atoms with Crippen LogP contribution in [0.3, 0.4) is 0 Å². The normalized spacial score (nSPS) is 24.4. The highest BCUT2D eigenvalue weighted by Crippen LogP contribution is 2.45. The molecule has 2 aromatic rings. The summed E-state index contributed by atoms with van der Waals surface area (Å²) in [4.78, 5) is 23.3. The first kappa shape index (κ1) is 18.8. The van der Waals surface area contributed by atoms with Crippen LogP contribution in [0.25, 0.3) is 0 Å². The number of rotatable bonds is 4. The third-order valence-electron chi connectivity index (χ3n) is 6.13. The minimum absolute atomic E-state index is 0.0911. The van der Waals surface area contributed by atoms with Crippen molar-refractivity contribution in [3.63, 3.8) is 0 Å². The van der Waals surface area contributed by atoms with Gasteiger partial charge < -0.3 is 19.1 Å². The number of nitrogens with zero attached hydrogens (tertiary/aromatic N) is 5. The Morgan fingerprint density at radius 3 is 2.57 bits per heavy atom. The van der Waals surface area contributed by atoms with E-state index in [0.717, 1.165) is 31.9 Å². The van der Waals surface area contributed by atoms with Crippen LogP contribution in [-0.2, 0) is 13.6 Å². The second-order valence-corrected chi connectivity index (χ2v) is 8.16. The third-order valence-corrected chi connectivity index (χ3v) is 6.13. The zero-order valence-electron chi connectivity index (χ0n) is 17.1. The van der Waals surface area contributed by atoms with Crippen LogP contribution >= 0.6 is 0 Å². The maximum atomic E-state index is 12.9. The van der Waals surface area contributed by atoms with Gasteiger partial charge in [0.1, 0.15) is 5.75 Å². The van der Waals surface area contributed by atoms with Gasteiger partial charge in [-0.05, 0) is 23.6 Å². The number of carbonyl (C=O) groups is 1. The molecule has 0 N–H and O–H groups in total. The fraction of sp³-hybridized carbons (Fsp3) is 0.524. The Bertz CT molecular complexity index is 832. The molecule has 0 saturated carbocycles. The summed E-state index contributed by atoms with van der Waals surface area (Å²) in [7, 11) is 7.37. The average Bonchev–Trinajstić information content (AvgIpc) is 3.36. The lowest BCUT2D eigenvalue weighted by molar-refractivity contribution is 0.151. The van der Waals surface area contributed by atoms with E-state index in [4.69, 9.17) is 4.74 Å². The van der Waals surface area contributed by atoms with E-state index < -0.39 is 0 Å². The zero-order valence-corrected chi connectivity index (χ0v) is 17.1. The summed E-state index contributed by atoms with van der Waals surface area (Å²) < 4.78 is 7.39. The molecule has 0 bridgehead atoms. The predicted molar refractivity (Wildman–Crippen MR) is 107 cm³/mol. The van der Waals surface area contributed by atoms with Gasteiger partial charge in [-0.25, -0.2) is 9.78 Å². The zero-order chi connectivity index (χ0) is 19.8. The minimum Gasteiger partial charge on any atom is -0.497 e. The first-order valence-electron chi connectivity index (χ1n) is 9.77. The largest absolute Gasteiger partial charge is 0.497 e. The number of urea groups is 1. The smallest absolute Gasteiger partial charge is 0.320 e. The molecule has 0 unspecified atom stereocenters. The number of methoxy groups -OCH3 is 1. The fourth-order valence-electron chi connectivity index (χ4n) is 4.71. The molecule has 4 rings (SSSR count). The average molecular weight is 383 g/mol. The molecule has 3 atom stereocenters. The molecular weight excluding hydrogens is 354 g/mol. The Balaban J connectivity index is 1.57. The number of likely N-dealkylation sites (tertiary alicyclic amines) is 2. The van der Waals surface area contributed by atoms with Gasteiger partial charge in [0.2, 0.25) is 0 Å². The van der Waals surface area contributed by atoms with Crippen molar-refractivity contribution in [2.45, 2.75) is 12.6 Å². The van der Waals surface area contributed by atoms with Crippen molar-refractivity contribution in [3.8, 4) is 5.75 Å². The summed E-state index contributed by atoms with van der Waals surface area (Å²) in [6.45, 7) is 3.71. The van der Waals surface area contributed by atoms with Crippen LogP contribution in [0.1, 0.15) is 17.3 Å². The van der Waals surface area contributed by atoms with Crippen LogP contribution in [0.15, 0.2) is 36.8 Å². The number of aromatic nitrogens is 2. The van der Waals surface area contributed by atoms with E-state index in [1.165, 1.54) is 11.3 Å². The lowest BCUT2D eigenvalue weighted by atomic mass is 9.89. The minimum atomic E-state index is 0.0911. The van der Waals surface area contributed by atoms with Crippen molar-refractivity contribution in [2.75, 3.05) is 40.8 Å². The molecule has 1 aromatic carbocycles. The van der Waals surface area contributed by atoms with Crippen molar-refractivity contribution in [1.82, 2.24) is 24.3 Å². The Morgan fingerprint density at radius 1 is 1.21 bits per heavy atom. The van der Waals surface area contributed by atoms with Gasteiger partial charge in [-0.15, -0.1) is 0 Å². The van der Waals surface area contributed by atoms with E-state index in [1.807, 2.05) is 45.8 Å². The van der Waals surface area contributed by atoms with Gasteiger partial charge in [0.15, 0.2) is 0 Å². The van der Waals surface area contributed by atoms with Crippen LogP contribution in [0.4, 0.5) is 4.79 Å². The van der Waals surface area contributed by atoms with Crippen molar-refractivity contribution < 1.29 is 9.53 Å². The first-order chi connectivity index (χ1) is 13.5. The van der Waals surface area contributed by atoms with E-state index in [9.17, 15) is 4.79 Å². The molecule has 3 heterocycles. The predicted octanol–water partition coefficient (Wildman–Crippen LogP) is 2.22. The quantitative estimate of drug-likeness (QED) is 0.812. The standard InChI is InChI=1S/C21H29N5O2/c1-23(2)21(27)26-11-16-10-25(12-17-9-22-14-24(17)3)13-19(16)20(26)15-5-7-18(28-4)8-6-15/h5-9,14,16,19-20H,10-13H2,1-4H3/t16-,19-,20+/m1/s1. The van der Waals surface area contributed by atoms with Crippen LogP contribution in [0, 0.1) is 11.8 Å². The molecule has 7 nitrogen and oxygen atoms in total. The van der Waals surface area contributed by atoms with Crippen molar-refractivity contribution in [3.05, 3.63) is 48.0 Å². The molecule has 0 aliphatic carbocycles. The molecule has 1 aromatic heterocycles. The van der Waals surface area contributed by atoms with E-state index >= 15 is 0 Å². The van der Waals surface area contributed by atoms with Gasteiger partial charge in [0.05, 0.1) is 25.2 Å². The number of fused-ring (bicyclic) bond motifs is 1. The van der Waals surface area contributed by atoms with Gasteiger partial charge >= 0.3 is 6.03 Å². The van der Waals surface area contributed by atoms with Crippen LogP contribution in [0.2, 0.25) is 0 Å². The number of aryl methyl sites for hydroxylation is 1. The topological polar surface area (TPSA) is 53.8 Å². The third kappa shape index (κ3) is 3.35. The summed E-state index contributed by atoms with van der Waals surface area (Å²) in [6.07, 6.45) is 3.79. The molecule has 0 spiro atoms. The number of ether oxygens (including phenoxy) is 1.